The van der Waals surface area contributed by atoms with Crippen LogP contribution in [-0.2, 0) is 0 Å². The molecule has 0 aliphatic carbocycles. The summed E-state index contributed by atoms with van der Waals surface area (Å²) in [4.78, 5) is 13.8. The number of carbonyl (C=O) groups excluding carboxylic acids is 1. The fourth-order valence-electron chi connectivity index (χ4n) is 2.16. The van der Waals surface area contributed by atoms with Crippen molar-refractivity contribution < 1.29 is 18.0 Å². The van der Waals surface area contributed by atoms with Crippen molar-refractivity contribution in [1.29, 1.82) is 0 Å². The van der Waals surface area contributed by atoms with Gasteiger partial charge in [-0.3, -0.25) is 4.79 Å². The van der Waals surface area contributed by atoms with Gasteiger partial charge in [-0.25, -0.2) is 13.2 Å². The van der Waals surface area contributed by atoms with Crippen molar-refractivity contribution in [3.8, 4) is 0 Å². The van der Waals surface area contributed by atoms with Gasteiger partial charge in [-0.1, -0.05) is 29.8 Å². The van der Waals surface area contributed by atoms with Gasteiger partial charge in [-0.15, -0.1) is 0 Å². The zero-order valence-electron chi connectivity index (χ0n) is 11.4. The van der Waals surface area contributed by atoms with Crippen LogP contribution >= 0.6 is 15.9 Å². The van der Waals surface area contributed by atoms with E-state index in [1.54, 1.807) is 0 Å². The quantitative estimate of drug-likeness (QED) is 0.705. The van der Waals surface area contributed by atoms with Crippen molar-refractivity contribution in [3.05, 3.63) is 35.1 Å². The molecule has 1 aromatic rings. The Kier molecular flexibility index (Phi) is 6.52. The van der Waals surface area contributed by atoms with Crippen LogP contribution in [0.2, 0.25) is 0 Å². The summed E-state index contributed by atoms with van der Waals surface area (Å²) in [5.74, 6) is -4.12. The SMILES string of the molecule is CCC(CC)N(CCBr)C(=O)c1c(F)cc(F)cc1F. The van der Waals surface area contributed by atoms with Crippen molar-refractivity contribution >= 4 is 21.8 Å². The van der Waals surface area contributed by atoms with Crippen molar-refractivity contribution in [3.63, 3.8) is 0 Å². The summed E-state index contributed by atoms with van der Waals surface area (Å²) in [7, 11) is 0. The highest BCUT2D eigenvalue weighted by Crippen LogP contribution is 2.20. The molecule has 0 heterocycles. The van der Waals surface area contributed by atoms with Crippen LogP contribution in [-0.4, -0.2) is 28.7 Å². The van der Waals surface area contributed by atoms with Crippen LogP contribution in [0.4, 0.5) is 13.2 Å². The van der Waals surface area contributed by atoms with E-state index < -0.39 is 28.9 Å². The molecule has 0 saturated heterocycles. The fourth-order valence-corrected chi connectivity index (χ4v) is 2.54. The standard InChI is InChI=1S/C14H17BrF3NO/c1-3-10(4-2)19(6-5-15)14(20)13-11(17)7-9(16)8-12(13)18/h7-8,10H,3-6H2,1-2H3. The molecular weight excluding hydrogens is 335 g/mol. The highest BCUT2D eigenvalue weighted by molar-refractivity contribution is 9.09. The Labute approximate surface area is 125 Å². The van der Waals surface area contributed by atoms with Crippen LogP contribution in [0, 0.1) is 17.5 Å². The second-order valence-electron chi connectivity index (χ2n) is 4.40. The van der Waals surface area contributed by atoms with E-state index in [2.05, 4.69) is 15.9 Å². The van der Waals surface area contributed by atoms with Gasteiger partial charge in [0.2, 0.25) is 0 Å². The van der Waals surface area contributed by atoms with Crippen molar-refractivity contribution in [2.75, 3.05) is 11.9 Å². The van der Waals surface area contributed by atoms with Crippen LogP contribution in [0.3, 0.4) is 0 Å². The molecule has 2 nitrogen and oxygen atoms in total. The molecule has 0 radical (unpaired) electrons. The summed E-state index contributed by atoms with van der Waals surface area (Å²) in [5.41, 5.74) is -0.695. The second-order valence-corrected chi connectivity index (χ2v) is 5.20. The van der Waals surface area contributed by atoms with Gasteiger partial charge in [-0.05, 0) is 12.8 Å². The van der Waals surface area contributed by atoms with Crippen molar-refractivity contribution in [2.45, 2.75) is 32.7 Å². The number of carbonyl (C=O) groups is 1. The highest BCUT2D eigenvalue weighted by atomic mass is 79.9. The van der Waals surface area contributed by atoms with Gasteiger partial charge < -0.3 is 4.90 Å². The third-order valence-corrected chi connectivity index (χ3v) is 3.54. The number of alkyl halides is 1. The molecule has 0 N–H and O–H groups in total. The van der Waals surface area contributed by atoms with Crippen LogP contribution in [0.25, 0.3) is 0 Å². The summed E-state index contributed by atoms with van der Waals surface area (Å²) < 4.78 is 40.3. The van der Waals surface area contributed by atoms with Gasteiger partial charge in [0.15, 0.2) is 0 Å². The number of hydrogen-bond donors (Lipinski definition) is 0. The van der Waals surface area contributed by atoms with Gasteiger partial charge in [0.25, 0.3) is 5.91 Å². The van der Waals surface area contributed by atoms with E-state index in [0.717, 1.165) is 0 Å². The largest absolute Gasteiger partial charge is 0.335 e. The number of hydrogen-bond acceptors (Lipinski definition) is 1. The lowest BCUT2D eigenvalue weighted by Crippen LogP contribution is -2.41. The normalized spacial score (nSPS) is 10.9. The average Bonchev–Trinajstić information content (AvgIpc) is 2.37. The highest BCUT2D eigenvalue weighted by Gasteiger charge is 2.27. The monoisotopic (exact) mass is 351 g/mol. The molecule has 0 saturated carbocycles. The van der Waals surface area contributed by atoms with E-state index in [4.69, 9.17) is 0 Å². The van der Waals surface area contributed by atoms with E-state index in [1.165, 1.54) is 4.90 Å². The molecule has 0 spiro atoms. The maximum absolute atomic E-state index is 13.7. The van der Waals surface area contributed by atoms with Crippen molar-refractivity contribution in [2.24, 2.45) is 0 Å². The Bertz CT molecular complexity index is 454. The maximum atomic E-state index is 13.7. The minimum Gasteiger partial charge on any atom is -0.335 e. The van der Waals surface area contributed by atoms with Gasteiger partial charge in [0.05, 0.1) is 0 Å². The Morgan fingerprint density at radius 2 is 1.70 bits per heavy atom. The average molecular weight is 352 g/mol. The summed E-state index contributed by atoms with van der Waals surface area (Å²) in [5, 5.41) is 0.500. The molecule has 0 aliphatic rings. The lowest BCUT2D eigenvalue weighted by atomic mass is 10.1. The molecule has 1 rings (SSSR count). The Morgan fingerprint density at radius 1 is 1.20 bits per heavy atom. The van der Waals surface area contributed by atoms with Crippen molar-refractivity contribution in [1.82, 2.24) is 4.90 Å². The Morgan fingerprint density at radius 3 is 2.10 bits per heavy atom. The number of halogens is 4. The predicted octanol–water partition coefficient (Wildman–Crippen LogP) is 4.13. The van der Waals surface area contributed by atoms with Crippen LogP contribution < -0.4 is 0 Å². The van der Waals surface area contributed by atoms with Gasteiger partial charge in [0.1, 0.15) is 23.0 Å². The molecule has 0 aromatic heterocycles. The first-order valence-electron chi connectivity index (χ1n) is 6.47. The molecule has 0 unspecified atom stereocenters. The zero-order valence-corrected chi connectivity index (χ0v) is 13.0. The van der Waals surface area contributed by atoms with E-state index in [-0.39, 0.29) is 6.04 Å². The molecule has 1 aromatic carbocycles. The molecular formula is C14H17BrF3NO. The van der Waals surface area contributed by atoms with Gasteiger partial charge >= 0.3 is 0 Å². The number of amides is 1. The van der Waals surface area contributed by atoms with E-state index in [1.807, 2.05) is 13.8 Å². The van der Waals surface area contributed by atoms with Gasteiger partial charge in [-0.2, -0.15) is 0 Å². The molecule has 6 heteroatoms. The molecule has 0 bridgehead atoms. The van der Waals surface area contributed by atoms with Crippen LogP contribution in [0.15, 0.2) is 12.1 Å². The Balaban J connectivity index is 3.19. The number of benzene rings is 1. The molecule has 0 aliphatic heterocycles. The third kappa shape index (κ3) is 3.75. The topological polar surface area (TPSA) is 20.3 Å². The third-order valence-electron chi connectivity index (χ3n) is 3.19. The van der Waals surface area contributed by atoms with Crippen LogP contribution in [0.5, 0.6) is 0 Å². The van der Waals surface area contributed by atoms with Crippen LogP contribution in [0.1, 0.15) is 37.0 Å². The lowest BCUT2D eigenvalue weighted by molar-refractivity contribution is 0.0672. The summed E-state index contributed by atoms with van der Waals surface area (Å²) in [6, 6.07) is 0.939. The first-order chi connectivity index (χ1) is 9.46. The first kappa shape index (κ1) is 17.0. The Hall–Kier alpha value is -1.04. The molecule has 0 fully saturated rings. The predicted molar refractivity (Wildman–Crippen MR) is 75.5 cm³/mol. The maximum Gasteiger partial charge on any atom is 0.260 e. The lowest BCUT2D eigenvalue weighted by Gasteiger charge is -2.30. The van der Waals surface area contributed by atoms with E-state index in [0.29, 0.717) is 36.8 Å². The van der Waals surface area contributed by atoms with E-state index >= 15 is 0 Å². The summed E-state index contributed by atoms with van der Waals surface area (Å²) in [6.45, 7) is 4.14. The minimum atomic E-state index is -1.17. The van der Waals surface area contributed by atoms with Gasteiger partial charge in [0, 0.05) is 30.0 Å². The summed E-state index contributed by atoms with van der Waals surface area (Å²) in [6.07, 6.45) is 1.36. The second kappa shape index (κ2) is 7.67. The zero-order chi connectivity index (χ0) is 15.3. The first-order valence-corrected chi connectivity index (χ1v) is 7.59. The smallest absolute Gasteiger partial charge is 0.260 e. The molecule has 1 amide bonds. The minimum absolute atomic E-state index is 0.107. The molecule has 0 atom stereocenters. The summed E-state index contributed by atoms with van der Waals surface area (Å²) >= 11 is 3.22. The number of nitrogens with zero attached hydrogens (tertiary/aromatic N) is 1. The fraction of sp³-hybridized carbons (Fsp3) is 0.500. The molecule has 20 heavy (non-hydrogen) atoms. The molecule has 112 valence electrons. The van der Waals surface area contributed by atoms with E-state index in [9.17, 15) is 18.0 Å². The number of rotatable bonds is 6.